The fourth-order valence-corrected chi connectivity index (χ4v) is 1.59. The largest absolute Gasteiger partial charge is 0.358 e. The minimum atomic E-state index is 0.216. The Labute approximate surface area is 77.8 Å². The van der Waals surface area contributed by atoms with E-state index in [9.17, 15) is 0 Å². The molecule has 0 bridgehead atoms. The highest BCUT2D eigenvalue weighted by Crippen LogP contribution is 2.15. The first-order valence-corrected chi connectivity index (χ1v) is 4.58. The summed E-state index contributed by atoms with van der Waals surface area (Å²) in [6, 6.07) is 10.7. The molecule has 1 aromatic carbocycles. The van der Waals surface area contributed by atoms with Crippen LogP contribution in [0.3, 0.4) is 0 Å². The third-order valence-corrected chi connectivity index (χ3v) is 2.13. The van der Waals surface area contributed by atoms with Crippen LogP contribution in [0.25, 0.3) is 10.9 Å². The molecule has 2 aromatic rings. The summed E-state index contributed by atoms with van der Waals surface area (Å²) < 4.78 is 0. The topological polar surface area (TPSA) is 41.8 Å². The van der Waals surface area contributed by atoms with Crippen LogP contribution in [0.15, 0.2) is 30.3 Å². The lowest BCUT2D eigenvalue weighted by Crippen LogP contribution is -2.17. The van der Waals surface area contributed by atoms with Crippen molar-refractivity contribution in [3.8, 4) is 0 Å². The normalized spacial score (nSPS) is 13.4. The summed E-state index contributed by atoms with van der Waals surface area (Å²) in [7, 11) is 0. The van der Waals surface area contributed by atoms with Crippen LogP contribution >= 0.6 is 0 Å². The maximum Gasteiger partial charge on any atom is 0.0456 e. The lowest BCUT2D eigenvalue weighted by Gasteiger charge is -2.00. The Bertz CT molecular complexity index is 368. The summed E-state index contributed by atoms with van der Waals surface area (Å²) in [6.07, 6.45) is 0.911. The molecule has 0 spiro atoms. The molecule has 1 aromatic heterocycles. The Morgan fingerprint density at radius 3 is 2.85 bits per heavy atom. The third kappa shape index (κ3) is 1.73. The maximum atomic E-state index is 5.73. The predicted octanol–water partition coefficient (Wildman–Crippen LogP) is 2.06. The standard InChI is InChI=1S/C11H14N2/c1-8(12)6-10-7-9-4-2-3-5-11(9)13-10/h2-5,7-8,13H,6,12H2,1H3/t8-/m1/s1. The molecule has 0 fully saturated rings. The van der Waals surface area contributed by atoms with Crippen LogP contribution in [-0.4, -0.2) is 11.0 Å². The van der Waals surface area contributed by atoms with Crippen molar-refractivity contribution in [1.29, 1.82) is 0 Å². The number of hydrogen-bond acceptors (Lipinski definition) is 1. The van der Waals surface area contributed by atoms with E-state index < -0.39 is 0 Å². The molecule has 0 saturated carbocycles. The zero-order chi connectivity index (χ0) is 9.26. The number of fused-ring (bicyclic) bond motifs is 1. The molecule has 2 rings (SSSR count). The molecule has 0 saturated heterocycles. The van der Waals surface area contributed by atoms with E-state index in [0.717, 1.165) is 6.42 Å². The molecule has 0 aliphatic heterocycles. The minimum absolute atomic E-state index is 0.216. The average Bonchev–Trinajstić information content (AvgIpc) is 2.44. The van der Waals surface area contributed by atoms with Gasteiger partial charge in [0, 0.05) is 23.7 Å². The fourth-order valence-electron chi connectivity index (χ4n) is 1.59. The lowest BCUT2D eigenvalue weighted by molar-refractivity contribution is 0.727. The Kier molecular flexibility index (Phi) is 2.07. The van der Waals surface area contributed by atoms with E-state index in [4.69, 9.17) is 5.73 Å². The van der Waals surface area contributed by atoms with Gasteiger partial charge < -0.3 is 10.7 Å². The van der Waals surface area contributed by atoms with Gasteiger partial charge in [-0.15, -0.1) is 0 Å². The van der Waals surface area contributed by atoms with Gasteiger partial charge in [0.25, 0.3) is 0 Å². The number of rotatable bonds is 2. The van der Waals surface area contributed by atoms with Crippen molar-refractivity contribution in [2.45, 2.75) is 19.4 Å². The van der Waals surface area contributed by atoms with Crippen LogP contribution in [-0.2, 0) is 6.42 Å². The quantitative estimate of drug-likeness (QED) is 0.719. The van der Waals surface area contributed by atoms with Crippen LogP contribution in [0.5, 0.6) is 0 Å². The van der Waals surface area contributed by atoms with E-state index in [0.29, 0.717) is 0 Å². The van der Waals surface area contributed by atoms with Gasteiger partial charge in [0.1, 0.15) is 0 Å². The first kappa shape index (κ1) is 8.32. The van der Waals surface area contributed by atoms with Crippen LogP contribution in [0.4, 0.5) is 0 Å². The summed E-state index contributed by atoms with van der Waals surface area (Å²) >= 11 is 0. The number of nitrogens with one attached hydrogen (secondary N) is 1. The zero-order valence-electron chi connectivity index (χ0n) is 7.75. The maximum absolute atomic E-state index is 5.73. The molecule has 68 valence electrons. The van der Waals surface area contributed by atoms with E-state index in [-0.39, 0.29) is 6.04 Å². The Hall–Kier alpha value is -1.28. The second kappa shape index (κ2) is 3.23. The Morgan fingerprint density at radius 1 is 1.38 bits per heavy atom. The number of para-hydroxylation sites is 1. The second-order valence-electron chi connectivity index (χ2n) is 3.56. The molecule has 3 N–H and O–H groups in total. The van der Waals surface area contributed by atoms with Gasteiger partial charge in [0.15, 0.2) is 0 Å². The Balaban J connectivity index is 2.38. The number of hydrogen-bond donors (Lipinski definition) is 2. The van der Waals surface area contributed by atoms with Crippen LogP contribution in [0, 0.1) is 0 Å². The van der Waals surface area contributed by atoms with Gasteiger partial charge in [-0.2, -0.15) is 0 Å². The van der Waals surface area contributed by atoms with E-state index >= 15 is 0 Å². The third-order valence-electron chi connectivity index (χ3n) is 2.13. The van der Waals surface area contributed by atoms with Gasteiger partial charge in [0.2, 0.25) is 0 Å². The summed E-state index contributed by atoms with van der Waals surface area (Å²) in [6.45, 7) is 2.02. The molecule has 1 atom stereocenters. The highest BCUT2D eigenvalue weighted by Gasteiger charge is 2.01. The van der Waals surface area contributed by atoms with E-state index in [1.54, 1.807) is 0 Å². The molecule has 2 nitrogen and oxygen atoms in total. The summed E-state index contributed by atoms with van der Waals surface area (Å²) in [5.74, 6) is 0. The number of nitrogens with two attached hydrogens (primary N) is 1. The minimum Gasteiger partial charge on any atom is -0.358 e. The molecule has 0 unspecified atom stereocenters. The first-order chi connectivity index (χ1) is 6.25. The van der Waals surface area contributed by atoms with E-state index in [2.05, 4.69) is 23.2 Å². The van der Waals surface area contributed by atoms with Crippen molar-refractivity contribution in [3.63, 3.8) is 0 Å². The zero-order valence-corrected chi connectivity index (χ0v) is 7.75. The SMILES string of the molecule is C[C@@H](N)Cc1cc2ccccc2[nH]1. The van der Waals surface area contributed by atoms with Gasteiger partial charge in [-0.1, -0.05) is 18.2 Å². The molecular weight excluding hydrogens is 160 g/mol. The number of aromatic amines is 1. The first-order valence-electron chi connectivity index (χ1n) is 4.58. The molecule has 0 aliphatic carbocycles. The van der Waals surface area contributed by atoms with Crippen molar-refractivity contribution >= 4 is 10.9 Å². The molecule has 0 radical (unpaired) electrons. The summed E-state index contributed by atoms with van der Waals surface area (Å²) in [5, 5.41) is 1.26. The van der Waals surface area contributed by atoms with Crippen molar-refractivity contribution in [3.05, 3.63) is 36.0 Å². The number of H-pyrrole nitrogens is 1. The highest BCUT2D eigenvalue weighted by atomic mass is 14.7. The van der Waals surface area contributed by atoms with E-state index in [1.165, 1.54) is 16.6 Å². The summed E-state index contributed by atoms with van der Waals surface area (Å²) in [4.78, 5) is 3.35. The molecule has 2 heteroatoms. The molecule has 1 heterocycles. The molecule has 0 amide bonds. The number of aromatic nitrogens is 1. The van der Waals surface area contributed by atoms with Crippen molar-refractivity contribution in [2.75, 3.05) is 0 Å². The molecule has 0 aliphatic rings. The summed E-state index contributed by atoms with van der Waals surface area (Å²) in [5.41, 5.74) is 8.14. The lowest BCUT2D eigenvalue weighted by atomic mass is 10.2. The van der Waals surface area contributed by atoms with Crippen molar-refractivity contribution in [1.82, 2.24) is 4.98 Å². The van der Waals surface area contributed by atoms with Gasteiger partial charge >= 0.3 is 0 Å². The van der Waals surface area contributed by atoms with Crippen LogP contribution in [0.2, 0.25) is 0 Å². The van der Waals surface area contributed by atoms with E-state index in [1.807, 2.05) is 19.1 Å². The van der Waals surface area contributed by atoms with Gasteiger partial charge in [0.05, 0.1) is 0 Å². The molecular formula is C11H14N2. The van der Waals surface area contributed by atoms with Gasteiger partial charge in [-0.3, -0.25) is 0 Å². The van der Waals surface area contributed by atoms with Crippen LogP contribution < -0.4 is 5.73 Å². The second-order valence-corrected chi connectivity index (χ2v) is 3.56. The van der Waals surface area contributed by atoms with Gasteiger partial charge in [-0.25, -0.2) is 0 Å². The van der Waals surface area contributed by atoms with Crippen LogP contribution in [0.1, 0.15) is 12.6 Å². The van der Waals surface area contributed by atoms with Crippen molar-refractivity contribution < 1.29 is 0 Å². The predicted molar refractivity (Wildman–Crippen MR) is 55.7 cm³/mol. The monoisotopic (exact) mass is 174 g/mol. The highest BCUT2D eigenvalue weighted by molar-refractivity contribution is 5.80. The fraction of sp³-hybridized carbons (Fsp3) is 0.273. The number of benzene rings is 1. The smallest absolute Gasteiger partial charge is 0.0456 e. The average molecular weight is 174 g/mol. The Morgan fingerprint density at radius 2 is 2.15 bits per heavy atom. The van der Waals surface area contributed by atoms with Gasteiger partial charge in [-0.05, 0) is 24.4 Å². The molecule has 13 heavy (non-hydrogen) atoms. The van der Waals surface area contributed by atoms with Crippen molar-refractivity contribution in [2.24, 2.45) is 5.73 Å².